The maximum atomic E-state index is 13.1. The summed E-state index contributed by atoms with van der Waals surface area (Å²) in [6, 6.07) is -1.25. The van der Waals surface area contributed by atoms with Crippen molar-refractivity contribution in [3.8, 4) is 0 Å². The zero-order chi connectivity index (χ0) is 27.8. The Bertz CT molecular complexity index is 1160. The van der Waals surface area contributed by atoms with Gasteiger partial charge in [-0.3, -0.25) is 14.4 Å². The molecule has 4 aliphatic heterocycles. The lowest BCUT2D eigenvalue weighted by molar-refractivity contribution is -0.158. The highest BCUT2D eigenvalue weighted by Crippen LogP contribution is 2.51. The molecule has 4 aliphatic rings. The first-order valence-corrected chi connectivity index (χ1v) is 13.9. The molecule has 3 saturated heterocycles. The molecule has 5 heterocycles. The fraction of sp³-hybridized carbons (Fsp3) is 0.696. The molecular formula is C23H33N9O6S. The summed E-state index contributed by atoms with van der Waals surface area (Å²) in [5.74, 6) is -2.63. The highest BCUT2D eigenvalue weighted by molar-refractivity contribution is 8.03. The van der Waals surface area contributed by atoms with E-state index in [4.69, 9.17) is 10.5 Å². The van der Waals surface area contributed by atoms with Crippen LogP contribution in [0.15, 0.2) is 16.9 Å². The number of aromatic nitrogens is 4. The van der Waals surface area contributed by atoms with Gasteiger partial charge in [0.2, 0.25) is 17.7 Å². The number of amides is 3. The fourth-order valence-corrected chi connectivity index (χ4v) is 7.41. The van der Waals surface area contributed by atoms with Gasteiger partial charge >= 0.3 is 5.97 Å². The highest BCUT2D eigenvalue weighted by Gasteiger charge is 2.60. The molecule has 5 N–H and O–H groups in total. The minimum Gasteiger partial charge on any atom is -0.477 e. The first-order valence-electron chi connectivity index (χ1n) is 13.0. The largest absolute Gasteiger partial charge is 0.477 e. The van der Waals surface area contributed by atoms with E-state index in [1.54, 1.807) is 11.8 Å². The first-order chi connectivity index (χ1) is 18.7. The van der Waals surface area contributed by atoms with Gasteiger partial charge in [0.05, 0.1) is 30.7 Å². The number of nitrogens with one attached hydrogen (secondary N) is 2. The summed E-state index contributed by atoms with van der Waals surface area (Å²) in [5.41, 5.74) is 5.71. The molecule has 15 nitrogen and oxygen atoms in total. The lowest BCUT2D eigenvalue weighted by atomic mass is 9.78. The molecule has 0 saturated carbocycles. The number of carbonyl (C=O) groups is 4. The third-order valence-corrected chi connectivity index (χ3v) is 9.32. The van der Waals surface area contributed by atoms with E-state index in [2.05, 4.69) is 26.2 Å². The van der Waals surface area contributed by atoms with E-state index in [9.17, 15) is 24.3 Å². The standard InChI is InChI=1S/C23H33N9O6S/c1-11-18-17(12(2)27-16(33)9-31-10-26-28-29-31)22(35)32(18)19(23(36)37)20(11)39-14-5-15(25-7-14)21(34)30-3-4-38-13(6-24)8-30/h10-15,17-18,25H,3-9,24H2,1-2H3,(H,27,33)(H,36,37)/t11-,12-,13+,14+,15+,17-,18-/m1/s1. The third-order valence-electron chi connectivity index (χ3n) is 7.81. The van der Waals surface area contributed by atoms with Crippen LogP contribution in [-0.2, 0) is 30.5 Å². The Morgan fingerprint density at radius 2 is 2.18 bits per heavy atom. The Morgan fingerprint density at radius 3 is 2.87 bits per heavy atom. The van der Waals surface area contributed by atoms with Crippen molar-refractivity contribution in [3.63, 3.8) is 0 Å². The van der Waals surface area contributed by atoms with Crippen LogP contribution in [0.4, 0.5) is 0 Å². The van der Waals surface area contributed by atoms with Crippen molar-refractivity contribution in [1.29, 1.82) is 0 Å². The second-order valence-corrected chi connectivity index (χ2v) is 11.7. The molecule has 3 fully saturated rings. The van der Waals surface area contributed by atoms with Crippen LogP contribution in [0.1, 0.15) is 20.3 Å². The van der Waals surface area contributed by atoms with Gasteiger partial charge < -0.3 is 36.0 Å². The van der Waals surface area contributed by atoms with Crippen molar-refractivity contribution >= 4 is 35.5 Å². The van der Waals surface area contributed by atoms with Crippen molar-refractivity contribution in [3.05, 3.63) is 16.9 Å². The summed E-state index contributed by atoms with van der Waals surface area (Å²) in [5, 5.41) is 26.8. The van der Waals surface area contributed by atoms with E-state index in [1.165, 1.54) is 27.7 Å². The molecule has 3 amide bonds. The molecule has 0 unspecified atom stereocenters. The number of carboxylic acids is 1. The van der Waals surface area contributed by atoms with Gasteiger partial charge in [0.1, 0.15) is 18.6 Å². The third kappa shape index (κ3) is 5.25. The Labute approximate surface area is 228 Å². The Hall–Kier alpha value is -3.08. The van der Waals surface area contributed by atoms with Crippen molar-refractivity contribution in [1.82, 2.24) is 40.6 Å². The van der Waals surface area contributed by atoms with E-state index in [0.717, 1.165) is 0 Å². The van der Waals surface area contributed by atoms with Gasteiger partial charge in [0.15, 0.2) is 0 Å². The van der Waals surface area contributed by atoms with Crippen LogP contribution in [0.3, 0.4) is 0 Å². The molecule has 16 heteroatoms. The predicted molar refractivity (Wildman–Crippen MR) is 137 cm³/mol. The number of carbonyl (C=O) groups excluding carboxylic acids is 3. The lowest BCUT2D eigenvalue weighted by Gasteiger charge is -2.47. The second-order valence-electron chi connectivity index (χ2n) is 10.3. The molecule has 0 radical (unpaired) electrons. The average Bonchev–Trinajstić information content (AvgIpc) is 3.64. The van der Waals surface area contributed by atoms with Crippen molar-refractivity contribution in [2.24, 2.45) is 17.6 Å². The summed E-state index contributed by atoms with van der Waals surface area (Å²) < 4.78 is 6.84. The molecular weight excluding hydrogens is 530 g/mol. The molecule has 7 atom stereocenters. The number of hydrogen-bond donors (Lipinski definition) is 4. The van der Waals surface area contributed by atoms with Crippen LogP contribution in [0.2, 0.25) is 0 Å². The molecule has 0 spiro atoms. The highest BCUT2D eigenvalue weighted by atomic mass is 32.2. The van der Waals surface area contributed by atoms with E-state index < -0.39 is 17.9 Å². The van der Waals surface area contributed by atoms with Crippen LogP contribution in [0.25, 0.3) is 0 Å². The number of aliphatic carboxylic acids is 1. The van der Waals surface area contributed by atoms with Crippen molar-refractivity contribution in [2.75, 3.05) is 32.8 Å². The number of nitrogens with zero attached hydrogens (tertiary/aromatic N) is 6. The minimum atomic E-state index is -1.16. The van der Waals surface area contributed by atoms with Crippen LogP contribution >= 0.6 is 11.8 Å². The SMILES string of the molecule is C[C@@H](NC(=O)Cn1cnnn1)[C@H]1C(=O)N2C(C(=O)O)=C(S[C@@H]3CN[C@H](C(=O)N4CCO[C@@H](CN)C4)C3)[C@H](C)[C@H]12. The summed E-state index contributed by atoms with van der Waals surface area (Å²) in [7, 11) is 0. The number of fused-ring (bicyclic) bond motifs is 1. The molecule has 0 bridgehead atoms. The number of morpholine rings is 1. The van der Waals surface area contributed by atoms with Crippen LogP contribution < -0.4 is 16.4 Å². The van der Waals surface area contributed by atoms with Gasteiger partial charge in [-0.1, -0.05) is 6.92 Å². The smallest absolute Gasteiger partial charge is 0.353 e. The predicted octanol–water partition coefficient (Wildman–Crippen LogP) is -2.40. The molecule has 1 aromatic rings. The number of carboxylic acid groups (broad SMARTS) is 1. The second kappa shape index (κ2) is 11.2. The Balaban J connectivity index is 1.22. The van der Waals surface area contributed by atoms with Gasteiger partial charge in [0.25, 0.3) is 0 Å². The van der Waals surface area contributed by atoms with Crippen LogP contribution in [-0.4, -0.2) is 121 Å². The van der Waals surface area contributed by atoms with E-state index in [-0.39, 0.29) is 59.3 Å². The maximum absolute atomic E-state index is 13.1. The van der Waals surface area contributed by atoms with Crippen molar-refractivity contribution in [2.45, 2.75) is 56.3 Å². The molecule has 1 aromatic heterocycles. The molecule has 0 aliphatic carbocycles. The Kier molecular flexibility index (Phi) is 7.89. The van der Waals surface area contributed by atoms with Gasteiger partial charge in [-0.15, -0.1) is 16.9 Å². The Morgan fingerprint density at radius 1 is 1.38 bits per heavy atom. The maximum Gasteiger partial charge on any atom is 0.353 e. The van der Waals surface area contributed by atoms with Gasteiger partial charge in [0, 0.05) is 48.3 Å². The van der Waals surface area contributed by atoms with Gasteiger partial charge in [-0.2, -0.15) is 0 Å². The zero-order valence-corrected chi connectivity index (χ0v) is 22.5. The zero-order valence-electron chi connectivity index (χ0n) is 21.7. The number of nitrogens with two attached hydrogens (primary N) is 1. The fourth-order valence-electron chi connectivity index (χ4n) is 5.93. The summed E-state index contributed by atoms with van der Waals surface area (Å²) in [6.07, 6.45) is 1.70. The van der Waals surface area contributed by atoms with Crippen LogP contribution in [0.5, 0.6) is 0 Å². The van der Waals surface area contributed by atoms with Gasteiger partial charge in [-0.05, 0) is 23.8 Å². The topological polar surface area (TPSA) is 198 Å². The molecule has 0 aromatic carbocycles. The number of β-lactam (4-membered cyclic amide) rings is 1. The number of tetrazole rings is 1. The van der Waals surface area contributed by atoms with E-state index >= 15 is 0 Å². The lowest BCUT2D eigenvalue weighted by Crippen LogP contribution is -2.66. The molecule has 212 valence electrons. The molecule has 39 heavy (non-hydrogen) atoms. The van der Waals surface area contributed by atoms with Gasteiger partial charge in [-0.25, -0.2) is 9.48 Å². The summed E-state index contributed by atoms with van der Waals surface area (Å²) in [4.78, 5) is 54.7. The molecule has 5 rings (SSSR count). The van der Waals surface area contributed by atoms with Crippen LogP contribution in [0, 0.1) is 11.8 Å². The number of thioether (sulfide) groups is 1. The van der Waals surface area contributed by atoms with Crippen molar-refractivity contribution < 1.29 is 29.0 Å². The number of ether oxygens (including phenoxy) is 1. The average molecular weight is 564 g/mol. The number of rotatable bonds is 9. The monoisotopic (exact) mass is 563 g/mol. The minimum absolute atomic E-state index is 0.000269. The first kappa shape index (κ1) is 27.5. The van der Waals surface area contributed by atoms with E-state index in [1.807, 2.05) is 6.92 Å². The normalized spacial score (nSPS) is 31.2. The summed E-state index contributed by atoms with van der Waals surface area (Å²) >= 11 is 1.43. The number of hydrogen-bond acceptors (Lipinski definition) is 11. The van der Waals surface area contributed by atoms with E-state index in [0.29, 0.717) is 44.1 Å². The summed E-state index contributed by atoms with van der Waals surface area (Å²) in [6.45, 7) is 5.89. The quantitative estimate of drug-likeness (QED) is 0.233.